The number of amides is 2. The van der Waals surface area contributed by atoms with Crippen LogP contribution in [0.1, 0.15) is 11.6 Å². The topological polar surface area (TPSA) is 80.8 Å². The lowest BCUT2D eigenvalue weighted by Gasteiger charge is -2.37. The van der Waals surface area contributed by atoms with E-state index in [0.717, 1.165) is 29.8 Å². The molecule has 2 heterocycles. The van der Waals surface area contributed by atoms with Gasteiger partial charge in [0.1, 0.15) is 12.3 Å². The Hall–Kier alpha value is -3.50. The number of methoxy groups -OCH3 is 2. The second-order valence-corrected chi connectivity index (χ2v) is 10.9. The van der Waals surface area contributed by atoms with Gasteiger partial charge >= 0.3 is 0 Å². The molecule has 222 valence electrons. The van der Waals surface area contributed by atoms with Crippen molar-refractivity contribution >= 4 is 40.7 Å². The molecule has 2 aliphatic rings. The van der Waals surface area contributed by atoms with Crippen LogP contribution in [0.4, 0.5) is 5.69 Å². The van der Waals surface area contributed by atoms with Crippen molar-refractivity contribution < 1.29 is 28.5 Å². The van der Waals surface area contributed by atoms with Gasteiger partial charge in [0, 0.05) is 32.7 Å². The zero-order valence-electron chi connectivity index (χ0n) is 23.8. The first-order valence-corrected chi connectivity index (χ1v) is 14.3. The summed E-state index contributed by atoms with van der Waals surface area (Å²) in [6.45, 7) is 3.06. The first kappa shape index (κ1) is 30.0. The number of halogens is 2. The molecule has 1 fully saturated rings. The van der Waals surface area contributed by atoms with E-state index < -0.39 is 0 Å². The second-order valence-electron chi connectivity index (χ2n) is 10.1. The predicted molar refractivity (Wildman–Crippen MR) is 162 cm³/mol. The van der Waals surface area contributed by atoms with Crippen molar-refractivity contribution in [2.45, 2.75) is 6.04 Å². The molecule has 1 unspecified atom stereocenters. The molecule has 1 atom stereocenters. The lowest BCUT2D eigenvalue weighted by Crippen LogP contribution is -2.48. The molecule has 0 N–H and O–H groups in total. The maximum Gasteiger partial charge on any atom is 0.265 e. The van der Waals surface area contributed by atoms with Crippen LogP contribution in [0, 0.1) is 0 Å². The third-order valence-electron chi connectivity index (χ3n) is 7.62. The molecular formula is C31H33Cl2N3O6. The number of carbonyl (C=O) groups is 2. The van der Waals surface area contributed by atoms with Crippen molar-refractivity contribution in [2.75, 3.05) is 72.2 Å². The number of morpholine rings is 1. The summed E-state index contributed by atoms with van der Waals surface area (Å²) in [6.07, 6.45) is 0. The van der Waals surface area contributed by atoms with Crippen molar-refractivity contribution in [1.29, 1.82) is 0 Å². The highest BCUT2D eigenvalue weighted by Gasteiger charge is 2.32. The number of rotatable bonds is 9. The van der Waals surface area contributed by atoms with E-state index >= 15 is 0 Å². The van der Waals surface area contributed by atoms with E-state index in [1.807, 2.05) is 36.4 Å². The highest BCUT2D eigenvalue weighted by Crippen LogP contribution is 2.39. The van der Waals surface area contributed by atoms with Gasteiger partial charge in [-0.15, -0.1) is 0 Å². The zero-order valence-corrected chi connectivity index (χ0v) is 25.3. The lowest BCUT2D eigenvalue weighted by molar-refractivity contribution is -0.133. The molecule has 42 heavy (non-hydrogen) atoms. The number of ether oxygens (including phenoxy) is 4. The predicted octanol–water partition coefficient (Wildman–Crippen LogP) is 4.93. The standard InChI is InChI=1S/C31H33Cl2N3O6/c1-34(30(37)18-36-25-15-23(32)24(33)16-28(25)42-19-31(36)38)26(17-35-9-11-41-12-10-35)22-6-4-5-20(13-22)21-7-8-27(39-2)29(14-21)40-3/h4-8,13-16,26H,9-12,17-19H2,1-3H3. The number of hydrogen-bond acceptors (Lipinski definition) is 7. The van der Waals surface area contributed by atoms with Crippen LogP contribution in [0.25, 0.3) is 11.1 Å². The van der Waals surface area contributed by atoms with Crippen LogP contribution in [0.15, 0.2) is 54.6 Å². The molecular weight excluding hydrogens is 581 g/mol. The van der Waals surface area contributed by atoms with Gasteiger partial charge in [-0.25, -0.2) is 0 Å². The van der Waals surface area contributed by atoms with E-state index in [1.54, 1.807) is 38.3 Å². The van der Waals surface area contributed by atoms with Gasteiger partial charge in [0.25, 0.3) is 5.91 Å². The van der Waals surface area contributed by atoms with E-state index in [0.29, 0.717) is 47.7 Å². The molecule has 0 saturated carbocycles. The fraction of sp³-hybridized carbons (Fsp3) is 0.355. The van der Waals surface area contributed by atoms with Crippen LogP contribution in [0.2, 0.25) is 10.0 Å². The van der Waals surface area contributed by atoms with Gasteiger partial charge in [-0.3, -0.25) is 19.4 Å². The van der Waals surface area contributed by atoms with Crippen molar-refractivity contribution in [3.8, 4) is 28.4 Å². The van der Waals surface area contributed by atoms with Crippen molar-refractivity contribution in [3.63, 3.8) is 0 Å². The fourth-order valence-electron chi connectivity index (χ4n) is 5.21. The van der Waals surface area contributed by atoms with Crippen molar-refractivity contribution in [2.24, 2.45) is 0 Å². The summed E-state index contributed by atoms with van der Waals surface area (Å²) in [6, 6.07) is 16.7. The second kappa shape index (κ2) is 13.2. The third kappa shape index (κ3) is 6.44. The summed E-state index contributed by atoms with van der Waals surface area (Å²) in [4.78, 5) is 32.1. The Bertz CT molecular complexity index is 1460. The third-order valence-corrected chi connectivity index (χ3v) is 8.34. The van der Waals surface area contributed by atoms with Crippen LogP contribution in [-0.2, 0) is 14.3 Å². The summed E-state index contributed by atoms with van der Waals surface area (Å²) in [5.41, 5.74) is 3.32. The smallest absolute Gasteiger partial charge is 0.265 e. The van der Waals surface area contributed by atoms with Gasteiger partial charge in [0.2, 0.25) is 5.91 Å². The highest BCUT2D eigenvalue weighted by molar-refractivity contribution is 6.42. The molecule has 0 bridgehead atoms. The molecule has 2 amide bonds. The van der Waals surface area contributed by atoms with Crippen molar-refractivity contribution in [1.82, 2.24) is 9.80 Å². The molecule has 11 heteroatoms. The Morgan fingerprint density at radius 1 is 0.976 bits per heavy atom. The van der Waals surface area contributed by atoms with Gasteiger partial charge in [-0.2, -0.15) is 0 Å². The van der Waals surface area contributed by atoms with Gasteiger partial charge in [0.05, 0.1) is 49.2 Å². The molecule has 0 aromatic heterocycles. The van der Waals surface area contributed by atoms with Gasteiger partial charge in [-0.1, -0.05) is 47.5 Å². The molecule has 2 aliphatic heterocycles. The van der Waals surface area contributed by atoms with Gasteiger partial charge in [0.15, 0.2) is 18.1 Å². The summed E-state index contributed by atoms with van der Waals surface area (Å²) in [7, 11) is 4.99. The first-order valence-electron chi connectivity index (χ1n) is 13.6. The van der Waals surface area contributed by atoms with Crippen LogP contribution >= 0.6 is 23.2 Å². The average molecular weight is 615 g/mol. The minimum atomic E-state index is -0.331. The molecule has 5 rings (SSSR count). The molecule has 3 aromatic carbocycles. The Morgan fingerprint density at radius 3 is 2.43 bits per heavy atom. The lowest BCUT2D eigenvalue weighted by atomic mass is 9.97. The summed E-state index contributed by atoms with van der Waals surface area (Å²) in [5, 5.41) is 0.588. The normalized spacial score (nSPS) is 15.9. The Morgan fingerprint density at radius 2 is 1.69 bits per heavy atom. The fourth-order valence-corrected chi connectivity index (χ4v) is 5.52. The van der Waals surface area contributed by atoms with Crippen LogP contribution in [0.3, 0.4) is 0 Å². The Balaban J connectivity index is 1.44. The average Bonchev–Trinajstić information content (AvgIpc) is 3.02. The van der Waals surface area contributed by atoms with Gasteiger partial charge < -0.3 is 23.8 Å². The number of likely N-dealkylation sites (N-methyl/N-ethyl adjacent to an activating group) is 1. The Kier molecular flexibility index (Phi) is 9.43. The van der Waals surface area contributed by atoms with E-state index in [1.165, 1.54) is 4.90 Å². The number of hydrogen-bond donors (Lipinski definition) is 0. The molecule has 0 aliphatic carbocycles. The number of nitrogens with zero attached hydrogens (tertiary/aromatic N) is 3. The molecule has 0 spiro atoms. The van der Waals surface area contributed by atoms with Crippen LogP contribution in [0.5, 0.6) is 17.2 Å². The molecule has 3 aromatic rings. The first-order chi connectivity index (χ1) is 20.3. The van der Waals surface area contributed by atoms with Crippen LogP contribution in [-0.4, -0.2) is 88.9 Å². The number of benzene rings is 3. The minimum absolute atomic E-state index is 0.168. The van der Waals surface area contributed by atoms with E-state index in [-0.39, 0.29) is 36.0 Å². The quantitative estimate of drug-likeness (QED) is 0.338. The highest BCUT2D eigenvalue weighted by atomic mass is 35.5. The molecule has 0 radical (unpaired) electrons. The number of fused-ring (bicyclic) bond motifs is 1. The minimum Gasteiger partial charge on any atom is -0.493 e. The Labute approximate surface area is 255 Å². The largest absolute Gasteiger partial charge is 0.493 e. The summed E-state index contributed by atoms with van der Waals surface area (Å²) in [5.74, 6) is 1.14. The number of carbonyl (C=O) groups excluding carboxylic acids is 2. The molecule has 9 nitrogen and oxygen atoms in total. The maximum atomic E-state index is 13.8. The van der Waals surface area contributed by atoms with Crippen molar-refractivity contribution in [3.05, 3.63) is 70.2 Å². The van der Waals surface area contributed by atoms with Crippen LogP contribution < -0.4 is 19.1 Å². The SMILES string of the molecule is COc1ccc(-c2cccc(C(CN3CCOCC3)N(C)C(=O)CN3C(=O)COc4cc(Cl)c(Cl)cc43)c2)cc1OC. The number of anilines is 1. The van der Waals surface area contributed by atoms with E-state index in [4.69, 9.17) is 42.1 Å². The van der Waals surface area contributed by atoms with Gasteiger partial charge in [-0.05, 0) is 41.0 Å². The molecule has 1 saturated heterocycles. The maximum absolute atomic E-state index is 13.8. The monoisotopic (exact) mass is 613 g/mol. The van der Waals surface area contributed by atoms with E-state index in [2.05, 4.69) is 11.0 Å². The zero-order chi connectivity index (χ0) is 29.8. The summed E-state index contributed by atoms with van der Waals surface area (Å²) < 4.78 is 22.0. The summed E-state index contributed by atoms with van der Waals surface area (Å²) >= 11 is 12.4. The van der Waals surface area contributed by atoms with E-state index in [9.17, 15) is 9.59 Å².